The molecule has 5 heteroatoms. The van der Waals surface area contributed by atoms with E-state index in [1.54, 1.807) is 0 Å². The number of hydrogen-bond acceptors (Lipinski definition) is 3. The average Bonchev–Trinajstić information content (AvgIpc) is 3.35. The van der Waals surface area contributed by atoms with Crippen molar-refractivity contribution < 1.29 is 9.59 Å². The minimum absolute atomic E-state index is 0.0452. The van der Waals surface area contributed by atoms with Crippen LogP contribution < -0.4 is 10.2 Å². The van der Waals surface area contributed by atoms with Crippen molar-refractivity contribution in [1.82, 2.24) is 5.32 Å². The zero-order valence-electron chi connectivity index (χ0n) is 19.3. The van der Waals surface area contributed by atoms with E-state index in [1.165, 1.54) is 24.6 Å². The number of carbonyl (C=O) groups excluding carboxylic acids is 2. The van der Waals surface area contributed by atoms with Gasteiger partial charge in [-0.15, -0.1) is 0 Å². The van der Waals surface area contributed by atoms with Crippen LogP contribution >= 0.6 is 11.8 Å². The van der Waals surface area contributed by atoms with Gasteiger partial charge in [-0.2, -0.15) is 0 Å². The molecule has 3 aromatic rings. The number of nitrogens with zero attached hydrogens (tertiary/aromatic N) is 1. The molecule has 4 nitrogen and oxygen atoms in total. The first-order valence-electron chi connectivity index (χ1n) is 11.8. The van der Waals surface area contributed by atoms with Crippen molar-refractivity contribution in [2.24, 2.45) is 0 Å². The smallest absolute Gasteiger partial charge is 0.265 e. The fourth-order valence-corrected chi connectivity index (χ4v) is 5.68. The maximum absolute atomic E-state index is 13.7. The molecule has 1 heterocycles. The Balaban J connectivity index is 1.50. The lowest BCUT2D eigenvalue weighted by Crippen LogP contribution is -2.35. The molecule has 0 spiro atoms. The van der Waals surface area contributed by atoms with E-state index < -0.39 is 0 Å². The summed E-state index contributed by atoms with van der Waals surface area (Å²) in [6.45, 7) is 2.51. The van der Waals surface area contributed by atoms with Gasteiger partial charge in [0, 0.05) is 16.5 Å². The summed E-state index contributed by atoms with van der Waals surface area (Å²) in [5, 5.41) is 3.17. The number of anilines is 1. The Morgan fingerprint density at radius 1 is 1.03 bits per heavy atom. The van der Waals surface area contributed by atoms with E-state index in [4.69, 9.17) is 0 Å². The second-order valence-electron chi connectivity index (χ2n) is 9.04. The summed E-state index contributed by atoms with van der Waals surface area (Å²) in [4.78, 5) is 30.1. The molecule has 2 aliphatic rings. The molecule has 0 radical (unpaired) electrons. The lowest BCUT2D eigenvalue weighted by atomic mass is 10.1. The quantitative estimate of drug-likeness (QED) is 0.444. The number of hydrogen-bond donors (Lipinski definition) is 1. The van der Waals surface area contributed by atoms with Gasteiger partial charge in [-0.1, -0.05) is 84.8 Å². The third-order valence-electron chi connectivity index (χ3n) is 6.40. The van der Waals surface area contributed by atoms with Crippen molar-refractivity contribution in [3.8, 4) is 0 Å². The molecule has 1 fully saturated rings. The van der Waals surface area contributed by atoms with Crippen molar-refractivity contribution >= 4 is 35.3 Å². The summed E-state index contributed by atoms with van der Waals surface area (Å²) in [7, 11) is 0. The summed E-state index contributed by atoms with van der Waals surface area (Å²) in [6.07, 6.45) is 6.36. The Morgan fingerprint density at radius 3 is 2.59 bits per heavy atom. The van der Waals surface area contributed by atoms with Gasteiger partial charge in [0.25, 0.3) is 11.8 Å². The minimum atomic E-state index is -0.0618. The Hall–Kier alpha value is -3.31. The highest BCUT2D eigenvalue weighted by molar-refractivity contribution is 8.04. The molecule has 3 aromatic carbocycles. The van der Waals surface area contributed by atoms with Gasteiger partial charge in [0.15, 0.2) is 0 Å². The molecular weight excluding hydrogens is 440 g/mol. The highest BCUT2D eigenvalue weighted by Gasteiger charge is 2.30. The van der Waals surface area contributed by atoms with Crippen LogP contribution in [-0.4, -0.2) is 17.9 Å². The number of aryl methyl sites for hydroxylation is 1. The Bertz CT molecular complexity index is 1250. The maximum Gasteiger partial charge on any atom is 0.265 e. The first kappa shape index (κ1) is 22.5. The molecule has 34 heavy (non-hydrogen) atoms. The predicted octanol–water partition coefficient (Wildman–Crippen LogP) is 6.35. The van der Waals surface area contributed by atoms with Crippen molar-refractivity contribution in [2.75, 3.05) is 4.90 Å². The molecule has 1 N–H and O–H groups in total. The number of rotatable bonds is 5. The largest absolute Gasteiger partial charge is 0.349 e. The highest BCUT2D eigenvalue weighted by atomic mass is 32.2. The SMILES string of the molecule is Cc1cccc(CN2C(=O)C(=Cc3ccccc3)Sc3ccc(C(=O)NC4CCCC4)cc32)c1. The second kappa shape index (κ2) is 9.90. The molecule has 0 unspecified atom stereocenters. The van der Waals surface area contributed by atoms with Crippen LogP contribution in [0, 0.1) is 6.92 Å². The van der Waals surface area contributed by atoms with E-state index in [0.717, 1.165) is 40.1 Å². The maximum atomic E-state index is 13.7. The first-order chi connectivity index (χ1) is 16.6. The monoisotopic (exact) mass is 468 g/mol. The normalized spacial score (nSPS) is 17.1. The molecule has 172 valence electrons. The standard InChI is InChI=1S/C29H28N2O2S/c1-20-8-7-11-22(16-20)19-31-25-18-23(28(32)30-24-12-5-6-13-24)14-15-26(25)34-27(29(31)33)17-21-9-3-2-4-10-21/h2-4,7-11,14-18,24H,5-6,12-13,19H2,1H3,(H,30,32). The number of thioether (sulfide) groups is 1. The van der Waals surface area contributed by atoms with Crippen molar-refractivity contribution in [3.63, 3.8) is 0 Å². The molecule has 1 aliphatic carbocycles. The highest BCUT2D eigenvalue weighted by Crippen LogP contribution is 2.43. The second-order valence-corrected chi connectivity index (χ2v) is 10.1. The Labute approximate surface area is 205 Å². The van der Waals surface area contributed by atoms with Gasteiger partial charge in [0.2, 0.25) is 0 Å². The molecule has 0 bridgehead atoms. The summed E-state index contributed by atoms with van der Waals surface area (Å²) >= 11 is 1.47. The van der Waals surface area contributed by atoms with E-state index >= 15 is 0 Å². The molecule has 1 saturated carbocycles. The fraction of sp³-hybridized carbons (Fsp3) is 0.241. The van der Waals surface area contributed by atoms with Crippen LogP contribution in [0.3, 0.4) is 0 Å². The third kappa shape index (κ3) is 4.95. The van der Waals surface area contributed by atoms with Gasteiger partial charge in [-0.3, -0.25) is 9.59 Å². The van der Waals surface area contributed by atoms with Gasteiger partial charge < -0.3 is 10.2 Å². The molecule has 5 rings (SSSR count). The average molecular weight is 469 g/mol. The van der Waals surface area contributed by atoms with E-state index in [-0.39, 0.29) is 17.9 Å². The van der Waals surface area contributed by atoms with Gasteiger partial charge >= 0.3 is 0 Å². The van der Waals surface area contributed by atoms with Gasteiger partial charge in [0.05, 0.1) is 17.1 Å². The minimum Gasteiger partial charge on any atom is -0.349 e. The van der Waals surface area contributed by atoms with Crippen LogP contribution in [0.4, 0.5) is 5.69 Å². The number of amides is 2. The van der Waals surface area contributed by atoms with Crippen LogP contribution in [0.1, 0.15) is 52.7 Å². The van der Waals surface area contributed by atoms with Crippen LogP contribution in [0.2, 0.25) is 0 Å². The first-order valence-corrected chi connectivity index (χ1v) is 12.7. The van der Waals surface area contributed by atoms with E-state index in [2.05, 4.69) is 24.4 Å². The van der Waals surface area contributed by atoms with Gasteiger partial charge in [-0.05, 0) is 55.2 Å². The van der Waals surface area contributed by atoms with Gasteiger partial charge in [0.1, 0.15) is 0 Å². The third-order valence-corrected chi connectivity index (χ3v) is 7.48. The van der Waals surface area contributed by atoms with E-state index in [1.807, 2.05) is 71.6 Å². The van der Waals surface area contributed by atoms with Crippen LogP contribution in [0.5, 0.6) is 0 Å². The topological polar surface area (TPSA) is 49.4 Å². The fourth-order valence-electron chi connectivity index (χ4n) is 4.64. The summed E-state index contributed by atoms with van der Waals surface area (Å²) in [5.41, 5.74) is 4.60. The Morgan fingerprint density at radius 2 is 1.82 bits per heavy atom. The summed E-state index contributed by atoms with van der Waals surface area (Å²) < 4.78 is 0. The van der Waals surface area contributed by atoms with E-state index in [0.29, 0.717) is 17.0 Å². The molecule has 2 amide bonds. The predicted molar refractivity (Wildman–Crippen MR) is 139 cm³/mol. The van der Waals surface area contributed by atoms with E-state index in [9.17, 15) is 9.59 Å². The van der Waals surface area contributed by atoms with Crippen molar-refractivity contribution in [2.45, 2.75) is 50.1 Å². The molecule has 1 aliphatic heterocycles. The lowest BCUT2D eigenvalue weighted by molar-refractivity contribution is -0.114. The van der Waals surface area contributed by atoms with Crippen molar-refractivity contribution in [1.29, 1.82) is 0 Å². The van der Waals surface area contributed by atoms with Crippen LogP contribution in [0.15, 0.2) is 82.6 Å². The zero-order chi connectivity index (χ0) is 23.5. The molecule has 0 saturated heterocycles. The van der Waals surface area contributed by atoms with Crippen LogP contribution in [0.25, 0.3) is 6.08 Å². The number of carbonyl (C=O) groups is 2. The van der Waals surface area contributed by atoms with Gasteiger partial charge in [-0.25, -0.2) is 0 Å². The summed E-state index contributed by atoms with van der Waals surface area (Å²) in [6, 6.07) is 24.1. The molecule has 0 atom stereocenters. The Kier molecular flexibility index (Phi) is 6.54. The number of benzene rings is 3. The zero-order valence-corrected chi connectivity index (χ0v) is 20.1. The number of fused-ring (bicyclic) bond motifs is 1. The number of nitrogens with one attached hydrogen (secondary N) is 1. The van der Waals surface area contributed by atoms with Crippen molar-refractivity contribution in [3.05, 3.63) is 100.0 Å². The summed E-state index contributed by atoms with van der Waals surface area (Å²) in [5.74, 6) is -0.107. The lowest BCUT2D eigenvalue weighted by Gasteiger charge is -2.31. The van der Waals surface area contributed by atoms with Crippen LogP contribution in [-0.2, 0) is 11.3 Å². The molecular formula is C29H28N2O2S. The molecule has 0 aromatic heterocycles.